The molecule has 1 saturated heterocycles. The Balaban J connectivity index is 2.28. The Hall–Kier alpha value is -0.750. The zero-order valence-corrected chi connectivity index (χ0v) is 7.19. The number of carbonyl (C=O) groups is 2. The zero-order valence-electron chi connectivity index (χ0n) is 6.37. The molecule has 0 aliphatic carbocycles. The summed E-state index contributed by atoms with van der Waals surface area (Å²) in [5.41, 5.74) is 0. The fraction of sp³-hybridized carbons (Fsp3) is 0.667. The molecule has 0 aromatic heterocycles. The number of amides is 2. The highest BCUT2D eigenvalue weighted by Gasteiger charge is 2.27. The van der Waals surface area contributed by atoms with Gasteiger partial charge in [0.05, 0.1) is 6.61 Å². The summed E-state index contributed by atoms with van der Waals surface area (Å²) in [6.45, 7) is 0.148. The summed E-state index contributed by atoms with van der Waals surface area (Å²) < 4.78 is 0. The van der Waals surface area contributed by atoms with Gasteiger partial charge in [0.25, 0.3) is 5.24 Å². The smallest absolute Gasteiger partial charge is 0.279 e. The fourth-order valence-corrected chi connectivity index (χ4v) is 1.61. The van der Waals surface area contributed by atoms with Crippen molar-refractivity contribution < 1.29 is 14.7 Å². The van der Waals surface area contributed by atoms with Crippen LogP contribution in [-0.4, -0.2) is 41.2 Å². The first kappa shape index (κ1) is 9.34. The summed E-state index contributed by atoms with van der Waals surface area (Å²) in [5.74, 6) is 0.234. The number of nitrogens with one attached hydrogen (secondary N) is 2. The highest BCUT2D eigenvalue weighted by molar-refractivity contribution is 8.14. The van der Waals surface area contributed by atoms with E-state index in [1.54, 1.807) is 0 Å². The summed E-state index contributed by atoms with van der Waals surface area (Å²) in [6.07, 6.45) is 0. The molecule has 1 aliphatic heterocycles. The molecule has 12 heavy (non-hydrogen) atoms. The summed E-state index contributed by atoms with van der Waals surface area (Å²) in [4.78, 5) is 21.8. The second kappa shape index (κ2) is 4.32. The average Bonchev–Trinajstić information content (AvgIpc) is 2.47. The number of carbonyl (C=O) groups excluding carboxylic acids is 2. The Morgan fingerprint density at radius 2 is 2.58 bits per heavy atom. The van der Waals surface area contributed by atoms with Crippen LogP contribution in [0.3, 0.4) is 0 Å². The molecule has 1 aliphatic rings. The van der Waals surface area contributed by atoms with E-state index in [1.807, 2.05) is 0 Å². The Kier molecular flexibility index (Phi) is 3.36. The molecule has 0 aromatic rings. The number of rotatable bonds is 3. The molecule has 6 heteroatoms. The van der Waals surface area contributed by atoms with Crippen LogP contribution < -0.4 is 10.6 Å². The zero-order chi connectivity index (χ0) is 8.97. The van der Waals surface area contributed by atoms with Crippen molar-refractivity contribution in [1.82, 2.24) is 10.6 Å². The van der Waals surface area contributed by atoms with Gasteiger partial charge in [0, 0.05) is 12.3 Å². The average molecular weight is 190 g/mol. The van der Waals surface area contributed by atoms with Crippen LogP contribution in [0.5, 0.6) is 0 Å². The van der Waals surface area contributed by atoms with E-state index in [0.717, 1.165) is 11.8 Å². The number of hydrogen-bond acceptors (Lipinski definition) is 4. The van der Waals surface area contributed by atoms with E-state index >= 15 is 0 Å². The van der Waals surface area contributed by atoms with Gasteiger partial charge >= 0.3 is 0 Å². The van der Waals surface area contributed by atoms with Crippen LogP contribution in [0, 0.1) is 0 Å². The molecule has 0 radical (unpaired) electrons. The molecule has 0 aromatic carbocycles. The van der Waals surface area contributed by atoms with Crippen LogP contribution in [0.15, 0.2) is 0 Å². The molecule has 1 atom stereocenters. The summed E-state index contributed by atoms with van der Waals surface area (Å²) in [7, 11) is 0. The van der Waals surface area contributed by atoms with Gasteiger partial charge in [-0.15, -0.1) is 0 Å². The Bertz CT molecular complexity index is 197. The van der Waals surface area contributed by atoms with Gasteiger partial charge in [-0.2, -0.15) is 0 Å². The standard InChI is InChI=1S/C6H10N2O3S/c9-2-1-7-5(10)4-3-12-6(11)8-4/h4,9H,1-3H2,(H,7,10)(H,8,11). The highest BCUT2D eigenvalue weighted by Crippen LogP contribution is 2.12. The van der Waals surface area contributed by atoms with Crippen LogP contribution in [0.2, 0.25) is 0 Å². The van der Waals surface area contributed by atoms with Crippen LogP contribution in [0.1, 0.15) is 0 Å². The van der Waals surface area contributed by atoms with Crippen molar-refractivity contribution in [3.8, 4) is 0 Å². The monoisotopic (exact) mass is 190 g/mol. The van der Waals surface area contributed by atoms with Gasteiger partial charge < -0.3 is 15.7 Å². The molecular weight excluding hydrogens is 180 g/mol. The molecule has 5 nitrogen and oxygen atoms in total. The van der Waals surface area contributed by atoms with Gasteiger partial charge in [-0.05, 0) is 0 Å². The molecule has 0 saturated carbocycles. The first-order chi connectivity index (χ1) is 5.74. The lowest BCUT2D eigenvalue weighted by atomic mass is 10.3. The van der Waals surface area contributed by atoms with E-state index in [1.165, 1.54) is 0 Å². The Labute approximate surface area is 73.9 Å². The fourth-order valence-electron chi connectivity index (χ4n) is 0.828. The first-order valence-electron chi connectivity index (χ1n) is 3.56. The number of thioether (sulfide) groups is 1. The number of aliphatic hydroxyl groups is 1. The lowest BCUT2D eigenvalue weighted by Gasteiger charge is -2.08. The van der Waals surface area contributed by atoms with Crippen LogP contribution in [-0.2, 0) is 4.79 Å². The number of aliphatic hydroxyl groups excluding tert-OH is 1. The third-order valence-electron chi connectivity index (χ3n) is 1.40. The van der Waals surface area contributed by atoms with Crippen molar-refractivity contribution in [2.75, 3.05) is 18.9 Å². The van der Waals surface area contributed by atoms with Gasteiger partial charge in [0.15, 0.2) is 0 Å². The molecule has 1 fully saturated rings. The number of hydrogen-bond donors (Lipinski definition) is 3. The molecule has 2 amide bonds. The Morgan fingerprint density at radius 1 is 1.83 bits per heavy atom. The van der Waals surface area contributed by atoms with E-state index in [2.05, 4.69) is 10.6 Å². The van der Waals surface area contributed by atoms with E-state index in [0.29, 0.717) is 5.75 Å². The van der Waals surface area contributed by atoms with Crippen LogP contribution in [0.25, 0.3) is 0 Å². The maximum Gasteiger partial charge on any atom is 0.279 e. The van der Waals surface area contributed by atoms with Crippen molar-refractivity contribution in [2.45, 2.75) is 6.04 Å². The minimum absolute atomic E-state index is 0.0838. The van der Waals surface area contributed by atoms with Crippen molar-refractivity contribution >= 4 is 22.9 Å². The second-order valence-corrected chi connectivity index (χ2v) is 3.30. The second-order valence-electron chi connectivity index (χ2n) is 2.31. The van der Waals surface area contributed by atoms with Crippen molar-refractivity contribution in [2.24, 2.45) is 0 Å². The highest BCUT2D eigenvalue weighted by atomic mass is 32.2. The third kappa shape index (κ3) is 2.38. The predicted molar refractivity (Wildman–Crippen MR) is 44.9 cm³/mol. The maximum atomic E-state index is 11.1. The van der Waals surface area contributed by atoms with E-state index in [9.17, 15) is 9.59 Å². The lowest BCUT2D eigenvalue weighted by Crippen LogP contribution is -2.43. The normalized spacial score (nSPS) is 22.1. The van der Waals surface area contributed by atoms with Gasteiger partial charge in [0.1, 0.15) is 6.04 Å². The molecular formula is C6H10N2O3S. The molecule has 1 heterocycles. The van der Waals surface area contributed by atoms with E-state index < -0.39 is 6.04 Å². The minimum Gasteiger partial charge on any atom is -0.395 e. The van der Waals surface area contributed by atoms with Crippen LogP contribution in [0.4, 0.5) is 4.79 Å². The maximum absolute atomic E-state index is 11.1. The molecule has 3 N–H and O–H groups in total. The largest absolute Gasteiger partial charge is 0.395 e. The topological polar surface area (TPSA) is 78.4 Å². The van der Waals surface area contributed by atoms with Crippen molar-refractivity contribution in [1.29, 1.82) is 0 Å². The minimum atomic E-state index is -0.436. The Morgan fingerprint density at radius 3 is 3.08 bits per heavy atom. The quantitative estimate of drug-likeness (QED) is 0.529. The van der Waals surface area contributed by atoms with E-state index in [4.69, 9.17) is 5.11 Å². The lowest BCUT2D eigenvalue weighted by molar-refractivity contribution is -0.122. The van der Waals surface area contributed by atoms with Gasteiger partial charge in [-0.3, -0.25) is 9.59 Å². The van der Waals surface area contributed by atoms with Crippen molar-refractivity contribution in [3.63, 3.8) is 0 Å². The third-order valence-corrected chi connectivity index (χ3v) is 2.28. The summed E-state index contributed by atoms with van der Waals surface area (Å²) in [6, 6.07) is -0.436. The summed E-state index contributed by atoms with van der Waals surface area (Å²) in [5, 5.41) is 13.2. The van der Waals surface area contributed by atoms with Crippen LogP contribution >= 0.6 is 11.8 Å². The van der Waals surface area contributed by atoms with Gasteiger partial charge in [-0.1, -0.05) is 11.8 Å². The molecule has 1 unspecified atom stereocenters. The van der Waals surface area contributed by atoms with Crippen molar-refractivity contribution in [3.05, 3.63) is 0 Å². The SMILES string of the molecule is O=C1NC(C(=O)NCCO)CS1. The van der Waals surface area contributed by atoms with Gasteiger partial charge in [-0.25, -0.2) is 0 Å². The molecule has 0 bridgehead atoms. The predicted octanol–water partition coefficient (Wildman–Crippen LogP) is -1.08. The first-order valence-corrected chi connectivity index (χ1v) is 4.54. The molecule has 0 spiro atoms. The van der Waals surface area contributed by atoms with Gasteiger partial charge in [0.2, 0.25) is 5.91 Å². The molecule has 1 rings (SSSR count). The van der Waals surface area contributed by atoms with E-state index in [-0.39, 0.29) is 24.3 Å². The summed E-state index contributed by atoms with van der Waals surface area (Å²) >= 11 is 1.09. The molecule has 68 valence electrons.